The molecule has 1 aliphatic heterocycles. The standard InChI is InChI=1S/C25H21BrN2O2/c26-17-12-10-16(11-13-17)23-22(20-8-3-4-9-21(20)27-23)24-18-6-1-2-7-19(18)25(30)28(24)14-5-15-29/h1-4,6-13,24,27,29H,5,14-15H2/t24-/m1/s1. The molecule has 0 radical (unpaired) electrons. The number of carbonyl (C=O) groups excluding carboxylic acids is 1. The van der Waals surface area contributed by atoms with E-state index in [-0.39, 0.29) is 18.6 Å². The third-order valence-electron chi connectivity index (χ3n) is 5.77. The van der Waals surface area contributed by atoms with Crippen LogP contribution in [0.2, 0.25) is 0 Å². The molecule has 0 bridgehead atoms. The van der Waals surface area contributed by atoms with Crippen molar-refractivity contribution >= 4 is 32.7 Å². The van der Waals surface area contributed by atoms with Crippen LogP contribution < -0.4 is 0 Å². The van der Waals surface area contributed by atoms with Gasteiger partial charge in [0.15, 0.2) is 0 Å². The van der Waals surface area contributed by atoms with Gasteiger partial charge in [0, 0.05) is 39.7 Å². The monoisotopic (exact) mass is 460 g/mol. The molecule has 1 aliphatic rings. The number of aromatic amines is 1. The number of rotatable bonds is 5. The summed E-state index contributed by atoms with van der Waals surface area (Å²) in [7, 11) is 0. The fourth-order valence-corrected chi connectivity index (χ4v) is 4.71. The number of hydrogen-bond acceptors (Lipinski definition) is 2. The highest BCUT2D eigenvalue weighted by atomic mass is 79.9. The van der Waals surface area contributed by atoms with E-state index < -0.39 is 0 Å². The molecule has 3 aromatic carbocycles. The predicted molar refractivity (Wildman–Crippen MR) is 122 cm³/mol. The highest BCUT2D eigenvalue weighted by Crippen LogP contribution is 2.45. The average molecular weight is 461 g/mol. The summed E-state index contributed by atoms with van der Waals surface area (Å²) in [5, 5.41) is 10.5. The first-order valence-electron chi connectivity index (χ1n) is 10.1. The lowest BCUT2D eigenvalue weighted by atomic mass is 9.93. The molecular formula is C25H21BrN2O2. The Bertz CT molecular complexity index is 1230. The molecule has 2 heterocycles. The molecule has 5 heteroatoms. The van der Waals surface area contributed by atoms with Gasteiger partial charge in [0.25, 0.3) is 5.91 Å². The minimum absolute atomic E-state index is 0.0242. The van der Waals surface area contributed by atoms with Crippen molar-refractivity contribution in [2.45, 2.75) is 12.5 Å². The van der Waals surface area contributed by atoms with E-state index in [1.807, 2.05) is 53.4 Å². The molecule has 150 valence electrons. The number of aromatic nitrogens is 1. The smallest absolute Gasteiger partial charge is 0.255 e. The van der Waals surface area contributed by atoms with Crippen LogP contribution in [0.15, 0.2) is 77.3 Å². The van der Waals surface area contributed by atoms with Crippen LogP contribution >= 0.6 is 15.9 Å². The number of amides is 1. The van der Waals surface area contributed by atoms with Crippen molar-refractivity contribution in [3.8, 4) is 11.3 Å². The van der Waals surface area contributed by atoms with Gasteiger partial charge in [-0.1, -0.05) is 64.5 Å². The molecule has 2 N–H and O–H groups in total. The molecule has 0 saturated heterocycles. The van der Waals surface area contributed by atoms with E-state index in [0.29, 0.717) is 13.0 Å². The number of carbonyl (C=O) groups is 1. The van der Waals surface area contributed by atoms with Gasteiger partial charge in [-0.15, -0.1) is 0 Å². The third kappa shape index (κ3) is 3.06. The molecule has 0 saturated carbocycles. The van der Waals surface area contributed by atoms with Gasteiger partial charge in [-0.3, -0.25) is 4.79 Å². The van der Waals surface area contributed by atoms with Gasteiger partial charge in [-0.2, -0.15) is 0 Å². The lowest BCUT2D eigenvalue weighted by Crippen LogP contribution is -2.30. The summed E-state index contributed by atoms with van der Waals surface area (Å²) >= 11 is 3.52. The van der Waals surface area contributed by atoms with Gasteiger partial charge in [0.05, 0.1) is 11.7 Å². The maximum Gasteiger partial charge on any atom is 0.255 e. The van der Waals surface area contributed by atoms with E-state index >= 15 is 0 Å². The van der Waals surface area contributed by atoms with E-state index in [1.54, 1.807) is 0 Å². The van der Waals surface area contributed by atoms with Crippen molar-refractivity contribution in [1.82, 2.24) is 9.88 Å². The zero-order chi connectivity index (χ0) is 20.7. The molecule has 1 aromatic heterocycles. The summed E-state index contributed by atoms with van der Waals surface area (Å²) in [5.41, 5.74) is 6.00. The van der Waals surface area contributed by atoms with Crippen LogP contribution in [0.5, 0.6) is 0 Å². The molecule has 4 aromatic rings. The Morgan fingerprint density at radius 3 is 2.50 bits per heavy atom. The predicted octanol–water partition coefficient (Wildman–Crippen LogP) is 5.53. The van der Waals surface area contributed by atoms with Crippen LogP contribution in [-0.2, 0) is 0 Å². The van der Waals surface area contributed by atoms with Crippen molar-refractivity contribution in [1.29, 1.82) is 0 Å². The van der Waals surface area contributed by atoms with Crippen LogP contribution in [0, 0.1) is 0 Å². The quantitative estimate of drug-likeness (QED) is 0.411. The maximum absolute atomic E-state index is 13.3. The molecule has 1 amide bonds. The number of aliphatic hydroxyl groups excluding tert-OH is 1. The minimum atomic E-state index is -0.199. The van der Waals surface area contributed by atoms with E-state index in [2.05, 4.69) is 45.2 Å². The number of fused-ring (bicyclic) bond motifs is 2. The number of hydrogen-bond donors (Lipinski definition) is 2. The van der Waals surface area contributed by atoms with Crippen LogP contribution in [0.4, 0.5) is 0 Å². The molecule has 0 spiro atoms. The summed E-state index contributed by atoms with van der Waals surface area (Å²) < 4.78 is 1.02. The summed E-state index contributed by atoms with van der Waals surface area (Å²) in [6.07, 6.45) is 0.548. The largest absolute Gasteiger partial charge is 0.396 e. The summed E-state index contributed by atoms with van der Waals surface area (Å²) in [5.74, 6) is 0.0242. The molecule has 30 heavy (non-hydrogen) atoms. The molecular weight excluding hydrogens is 440 g/mol. The Hall–Kier alpha value is -2.89. The van der Waals surface area contributed by atoms with Gasteiger partial charge in [-0.25, -0.2) is 0 Å². The average Bonchev–Trinajstić information content (AvgIpc) is 3.28. The highest BCUT2D eigenvalue weighted by molar-refractivity contribution is 9.10. The second-order valence-electron chi connectivity index (χ2n) is 7.53. The first kappa shape index (κ1) is 19.1. The SMILES string of the molecule is O=C1c2ccccc2[C@H](c2c(-c3ccc(Br)cc3)[nH]c3ccccc23)N1CCCO. The summed E-state index contributed by atoms with van der Waals surface area (Å²) in [6, 6.07) is 24.1. The first-order valence-corrected chi connectivity index (χ1v) is 10.9. The number of aliphatic hydroxyl groups is 1. The Labute approximate surface area is 183 Å². The molecule has 0 unspecified atom stereocenters. The van der Waals surface area contributed by atoms with E-state index in [4.69, 9.17) is 0 Å². The minimum Gasteiger partial charge on any atom is -0.396 e. The fourth-order valence-electron chi connectivity index (χ4n) is 4.45. The Kier molecular flexibility index (Phi) is 4.93. The Morgan fingerprint density at radius 2 is 1.70 bits per heavy atom. The first-order chi connectivity index (χ1) is 14.7. The van der Waals surface area contributed by atoms with E-state index in [1.165, 1.54) is 0 Å². The molecule has 4 nitrogen and oxygen atoms in total. The zero-order valence-electron chi connectivity index (χ0n) is 16.3. The third-order valence-corrected chi connectivity index (χ3v) is 6.30. The van der Waals surface area contributed by atoms with Crippen LogP contribution in [0.25, 0.3) is 22.2 Å². The summed E-state index contributed by atoms with van der Waals surface area (Å²) in [4.78, 5) is 18.8. The Morgan fingerprint density at radius 1 is 0.967 bits per heavy atom. The van der Waals surface area contributed by atoms with Gasteiger partial charge < -0.3 is 15.0 Å². The maximum atomic E-state index is 13.3. The molecule has 0 aliphatic carbocycles. The van der Waals surface area contributed by atoms with Crippen molar-refractivity contribution in [3.63, 3.8) is 0 Å². The fraction of sp³-hybridized carbons (Fsp3) is 0.160. The van der Waals surface area contributed by atoms with Gasteiger partial charge in [-0.05, 0) is 41.8 Å². The van der Waals surface area contributed by atoms with Crippen LogP contribution in [0.1, 0.15) is 33.9 Å². The number of halogens is 1. The number of nitrogens with one attached hydrogen (secondary N) is 1. The topological polar surface area (TPSA) is 56.3 Å². The number of para-hydroxylation sites is 1. The Balaban J connectivity index is 1.77. The second-order valence-corrected chi connectivity index (χ2v) is 8.45. The highest BCUT2D eigenvalue weighted by Gasteiger charge is 2.39. The normalized spacial score (nSPS) is 15.7. The lowest BCUT2D eigenvalue weighted by Gasteiger charge is -2.26. The van der Waals surface area contributed by atoms with Crippen LogP contribution in [0.3, 0.4) is 0 Å². The van der Waals surface area contributed by atoms with Crippen molar-refractivity contribution in [2.75, 3.05) is 13.2 Å². The van der Waals surface area contributed by atoms with Gasteiger partial charge in [0.1, 0.15) is 0 Å². The number of benzene rings is 3. The van der Waals surface area contributed by atoms with Crippen molar-refractivity contribution in [3.05, 3.63) is 94.0 Å². The van der Waals surface area contributed by atoms with E-state index in [9.17, 15) is 9.90 Å². The van der Waals surface area contributed by atoms with E-state index in [0.717, 1.165) is 43.3 Å². The lowest BCUT2D eigenvalue weighted by molar-refractivity contribution is 0.0739. The molecule has 0 fully saturated rings. The number of nitrogens with zero attached hydrogens (tertiary/aromatic N) is 1. The molecule has 1 atom stereocenters. The zero-order valence-corrected chi connectivity index (χ0v) is 17.9. The van der Waals surface area contributed by atoms with Crippen molar-refractivity contribution in [2.24, 2.45) is 0 Å². The second kappa shape index (κ2) is 7.74. The number of H-pyrrole nitrogens is 1. The summed E-state index contributed by atoms with van der Waals surface area (Å²) in [6.45, 7) is 0.564. The van der Waals surface area contributed by atoms with Gasteiger partial charge in [0.2, 0.25) is 0 Å². The van der Waals surface area contributed by atoms with Gasteiger partial charge >= 0.3 is 0 Å². The van der Waals surface area contributed by atoms with Crippen LogP contribution in [-0.4, -0.2) is 34.0 Å². The van der Waals surface area contributed by atoms with Crippen molar-refractivity contribution < 1.29 is 9.90 Å². The molecule has 5 rings (SSSR count).